The van der Waals surface area contributed by atoms with E-state index in [-0.39, 0.29) is 30.6 Å². The van der Waals surface area contributed by atoms with Gasteiger partial charge in [0.2, 0.25) is 0 Å². The Morgan fingerprint density at radius 3 is 2.57 bits per heavy atom. The quantitative estimate of drug-likeness (QED) is 0.689. The molecule has 0 saturated heterocycles. The van der Waals surface area contributed by atoms with E-state index in [1.165, 1.54) is 39.8 Å². The molecular weight excluding hydrogens is 395 g/mol. The summed E-state index contributed by atoms with van der Waals surface area (Å²) in [5.74, 6) is -0.565. The lowest BCUT2D eigenvalue weighted by Crippen LogP contribution is -2.39. The summed E-state index contributed by atoms with van der Waals surface area (Å²) in [6, 6.07) is 3.76. The van der Waals surface area contributed by atoms with Gasteiger partial charge in [0.1, 0.15) is 5.01 Å². The zero-order chi connectivity index (χ0) is 20.9. The minimum Gasteiger partial charge on any atom is -0.461 e. The average molecular weight is 415 g/mol. The predicted octanol–water partition coefficient (Wildman–Crippen LogP) is 4.78. The largest absolute Gasteiger partial charge is 0.461 e. The van der Waals surface area contributed by atoms with Gasteiger partial charge in [-0.15, -0.1) is 11.3 Å². The summed E-state index contributed by atoms with van der Waals surface area (Å²) in [4.78, 5) is 29.8. The van der Waals surface area contributed by atoms with Crippen LogP contribution < -0.4 is 5.32 Å². The van der Waals surface area contributed by atoms with Crippen LogP contribution in [0.1, 0.15) is 41.8 Å². The van der Waals surface area contributed by atoms with Crippen molar-refractivity contribution < 1.29 is 27.5 Å². The molecule has 0 saturated carbocycles. The molecule has 1 N–H and O–H groups in total. The summed E-state index contributed by atoms with van der Waals surface area (Å²) in [6.45, 7) is 5.39. The molecule has 152 valence electrons. The highest BCUT2D eigenvalue weighted by molar-refractivity contribution is 7.09. The Balaban J connectivity index is 2.17. The third kappa shape index (κ3) is 5.44. The Morgan fingerprint density at radius 1 is 1.29 bits per heavy atom. The minimum atomic E-state index is -4.59. The van der Waals surface area contributed by atoms with E-state index in [9.17, 15) is 22.8 Å². The van der Waals surface area contributed by atoms with Crippen LogP contribution >= 0.6 is 11.3 Å². The summed E-state index contributed by atoms with van der Waals surface area (Å²) >= 11 is 1.17. The number of nitrogens with zero attached hydrogens (tertiary/aromatic N) is 2. The second-order valence-corrected chi connectivity index (χ2v) is 6.98. The van der Waals surface area contributed by atoms with Crippen LogP contribution in [0.25, 0.3) is 0 Å². The standard InChI is InChI=1S/C18H20F3N3O3S/c1-4-27-16(25)14-10-28-15(22-14)9-24(11(2)3)17(26)23-13-8-6-5-7-12(13)18(19,20)21/h5-8,10-11H,4,9H2,1-3H3,(H,23,26). The van der Waals surface area contributed by atoms with E-state index in [1.807, 2.05) is 0 Å². The summed E-state index contributed by atoms with van der Waals surface area (Å²) in [5.41, 5.74) is -1.11. The molecule has 10 heteroatoms. The Labute approximate surface area is 164 Å². The van der Waals surface area contributed by atoms with E-state index >= 15 is 0 Å². The van der Waals surface area contributed by atoms with Gasteiger partial charge in [-0.1, -0.05) is 12.1 Å². The summed E-state index contributed by atoms with van der Waals surface area (Å²) in [7, 11) is 0. The number of thiazole rings is 1. The lowest BCUT2D eigenvalue weighted by molar-refractivity contribution is -0.136. The fraction of sp³-hybridized carbons (Fsp3) is 0.389. The van der Waals surface area contributed by atoms with Crippen molar-refractivity contribution in [2.45, 2.75) is 39.5 Å². The zero-order valence-corrected chi connectivity index (χ0v) is 16.4. The SMILES string of the molecule is CCOC(=O)c1csc(CN(C(=O)Nc2ccccc2C(F)(F)F)C(C)C)n1. The molecule has 2 aromatic rings. The first-order chi connectivity index (χ1) is 13.1. The molecule has 0 atom stereocenters. The molecule has 0 fully saturated rings. The van der Waals surface area contributed by atoms with Crippen LogP contribution in [-0.2, 0) is 17.5 Å². The van der Waals surface area contributed by atoms with Gasteiger partial charge in [-0.05, 0) is 32.9 Å². The van der Waals surface area contributed by atoms with E-state index in [2.05, 4.69) is 10.3 Å². The molecule has 1 aromatic carbocycles. The maximum absolute atomic E-state index is 13.1. The number of hydrogen-bond donors (Lipinski definition) is 1. The first-order valence-electron chi connectivity index (χ1n) is 8.48. The number of urea groups is 1. The number of halogens is 3. The second-order valence-electron chi connectivity index (χ2n) is 6.04. The second kappa shape index (κ2) is 9.05. The molecule has 0 bridgehead atoms. The van der Waals surface area contributed by atoms with E-state index in [4.69, 9.17) is 4.74 Å². The van der Waals surface area contributed by atoms with Gasteiger partial charge in [0.25, 0.3) is 0 Å². The number of hydrogen-bond acceptors (Lipinski definition) is 5. The number of benzene rings is 1. The Bertz CT molecular complexity index is 837. The Kier molecular flexibility index (Phi) is 7.00. The van der Waals surface area contributed by atoms with Gasteiger partial charge in [0.05, 0.1) is 24.4 Å². The van der Waals surface area contributed by atoms with Crippen molar-refractivity contribution in [3.63, 3.8) is 0 Å². The summed E-state index contributed by atoms with van der Waals surface area (Å²) < 4.78 is 44.3. The molecule has 0 unspecified atom stereocenters. The number of carbonyl (C=O) groups excluding carboxylic acids is 2. The van der Waals surface area contributed by atoms with Gasteiger partial charge >= 0.3 is 18.2 Å². The van der Waals surface area contributed by atoms with E-state index < -0.39 is 23.7 Å². The lowest BCUT2D eigenvalue weighted by atomic mass is 10.1. The fourth-order valence-corrected chi connectivity index (χ4v) is 3.10. The topological polar surface area (TPSA) is 71.5 Å². The number of ether oxygens (including phenoxy) is 1. The van der Waals surface area contributed by atoms with E-state index in [0.29, 0.717) is 5.01 Å². The molecule has 1 heterocycles. The number of aromatic nitrogens is 1. The van der Waals surface area contributed by atoms with Crippen LogP contribution in [0.15, 0.2) is 29.6 Å². The van der Waals surface area contributed by atoms with Crippen molar-refractivity contribution >= 4 is 29.0 Å². The molecule has 2 rings (SSSR count). The maximum Gasteiger partial charge on any atom is 0.418 e. The normalized spacial score (nSPS) is 11.4. The molecule has 0 aliphatic heterocycles. The van der Waals surface area contributed by atoms with Crippen molar-refractivity contribution in [1.82, 2.24) is 9.88 Å². The monoisotopic (exact) mass is 415 g/mol. The highest BCUT2D eigenvalue weighted by atomic mass is 32.1. The van der Waals surface area contributed by atoms with Gasteiger partial charge in [0.15, 0.2) is 5.69 Å². The molecule has 1 aromatic heterocycles. The van der Waals surface area contributed by atoms with Crippen molar-refractivity contribution in [1.29, 1.82) is 0 Å². The first kappa shape index (κ1) is 21.7. The minimum absolute atomic E-state index is 0.0434. The van der Waals surface area contributed by atoms with E-state index in [0.717, 1.165) is 6.07 Å². The predicted molar refractivity (Wildman–Crippen MR) is 99.2 cm³/mol. The Hall–Kier alpha value is -2.62. The number of para-hydroxylation sites is 1. The van der Waals surface area contributed by atoms with Gasteiger partial charge in [-0.3, -0.25) is 0 Å². The van der Waals surface area contributed by atoms with Crippen LogP contribution in [0.3, 0.4) is 0 Å². The molecule has 0 spiro atoms. The van der Waals surface area contributed by atoms with Crippen molar-refractivity contribution in [2.24, 2.45) is 0 Å². The third-order valence-corrected chi connectivity index (χ3v) is 4.53. The van der Waals surface area contributed by atoms with Crippen LogP contribution in [0, 0.1) is 0 Å². The van der Waals surface area contributed by atoms with E-state index in [1.54, 1.807) is 20.8 Å². The summed E-state index contributed by atoms with van der Waals surface area (Å²) in [5, 5.41) is 4.31. The maximum atomic E-state index is 13.1. The smallest absolute Gasteiger partial charge is 0.418 e. The number of alkyl halides is 3. The molecule has 6 nitrogen and oxygen atoms in total. The average Bonchev–Trinajstić information content (AvgIpc) is 3.08. The Morgan fingerprint density at radius 2 is 1.96 bits per heavy atom. The molecule has 0 aliphatic carbocycles. The molecule has 2 amide bonds. The molecular formula is C18H20F3N3O3S. The number of rotatable bonds is 6. The van der Waals surface area contributed by atoms with Crippen LogP contribution in [-0.4, -0.2) is 34.5 Å². The fourth-order valence-electron chi connectivity index (χ4n) is 2.34. The van der Waals surface area contributed by atoms with Gasteiger partial charge in [-0.2, -0.15) is 13.2 Å². The van der Waals surface area contributed by atoms with Crippen LogP contribution in [0.4, 0.5) is 23.7 Å². The number of nitrogens with one attached hydrogen (secondary N) is 1. The third-order valence-electron chi connectivity index (χ3n) is 3.70. The zero-order valence-electron chi connectivity index (χ0n) is 15.5. The number of esters is 1. The summed E-state index contributed by atoms with van der Waals surface area (Å²) in [6.07, 6.45) is -4.59. The lowest BCUT2D eigenvalue weighted by Gasteiger charge is -2.26. The van der Waals surface area contributed by atoms with Crippen molar-refractivity contribution in [3.8, 4) is 0 Å². The van der Waals surface area contributed by atoms with Crippen LogP contribution in [0.5, 0.6) is 0 Å². The van der Waals surface area contributed by atoms with Gasteiger partial charge in [-0.25, -0.2) is 14.6 Å². The van der Waals surface area contributed by atoms with Gasteiger partial charge < -0.3 is 15.0 Å². The number of anilines is 1. The van der Waals surface area contributed by atoms with Crippen molar-refractivity contribution in [3.05, 3.63) is 45.9 Å². The highest BCUT2D eigenvalue weighted by Crippen LogP contribution is 2.34. The number of carbonyl (C=O) groups is 2. The first-order valence-corrected chi connectivity index (χ1v) is 9.36. The molecule has 0 aliphatic rings. The van der Waals surface area contributed by atoms with Crippen LogP contribution in [0.2, 0.25) is 0 Å². The molecule has 0 radical (unpaired) electrons. The number of amides is 2. The van der Waals surface area contributed by atoms with Gasteiger partial charge in [0, 0.05) is 11.4 Å². The molecule has 28 heavy (non-hydrogen) atoms. The van der Waals surface area contributed by atoms with Crippen molar-refractivity contribution in [2.75, 3.05) is 11.9 Å². The highest BCUT2D eigenvalue weighted by Gasteiger charge is 2.34.